The second-order valence-electron chi connectivity index (χ2n) is 29.1. The zero-order valence-electron chi connectivity index (χ0n) is 67.7. The highest BCUT2D eigenvalue weighted by Crippen LogP contribution is 2.44. The summed E-state index contributed by atoms with van der Waals surface area (Å²) in [7, 11) is 2.90. The summed E-state index contributed by atoms with van der Waals surface area (Å²) in [6.07, 6.45) is 1.45. The maximum atomic E-state index is 13.8. The molecule has 0 aromatic heterocycles. The number of aliphatic hydroxyl groups excluding tert-OH is 2. The summed E-state index contributed by atoms with van der Waals surface area (Å²) >= 11 is 0. The van der Waals surface area contributed by atoms with Crippen molar-refractivity contribution in [1.29, 1.82) is 0 Å². The Labute approximate surface area is 650 Å². The minimum atomic E-state index is -1.26. The summed E-state index contributed by atoms with van der Waals surface area (Å²) in [6.45, 7) is 35.5. The Kier molecular flexibility index (Phi) is 50.7. The molecule has 0 aliphatic carbocycles. The summed E-state index contributed by atoms with van der Waals surface area (Å²) in [4.78, 5) is 175. The van der Waals surface area contributed by atoms with E-state index in [2.05, 4.69) is 94.2 Å². The first-order valence-corrected chi connectivity index (χ1v) is 37.0. The molecule has 32 nitrogen and oxygen atoms in total. The van der Waals surface area contributed by atoms with Gasteiger partial charge in [0.05, 0.1) is 38.4 Å². The van der Waals surface area contributed by atoms with Gasteiger partial charge in [-0.25, -0.2) is 0 Å². The van der Waals surface area contributed by atoms with Crippen LogP contribution >= 0.6 is 0 Å². The van der Waals surface area contributed by atoms with E-state index in [1.165, 1.54) is 27.9 Å². The standard InChI is InChI=1S/C40H68N8O8.C24H35N5O5.C7H14N2O.C7H13NO2/c1-10-39(7,36(55)43-18-14-17-41)25-40(8,37(56)45-21-27(4)49)24-38(5,6)35(54)46-23-32(51)47-30(20-28-15-12-11-13-16-28)34(53)48-29(19-26(2)3)33(52)44-22-31(50)42-9;1-15(2)11-18(23(33)27-13-20(30)25-5)29-24(34)19(12-17-9-7-6-8-10-17)28-21(31)14-26-22(32)16(3)4;1-6(2)7(10)9-5-3-4-8;1-5(2)7(10)8-4-6(3)9/h11-13,15-16,26-27,29-30,49H,10,14,17-25,41H2,1-9H3,(H,42,50)(H,43,55)(H,44,52)(H,45,56)(H,46,54)(H,47,51)(H,48,53);6-10,15,18-19H,3,11-14H2,1-2,4-5H3,(H,25,30)(H,26,32)(H,27,33)(H,28,31)(H,29,34);1,3-5,8H2,2H3,(H,9,10);6,9H,1,4H2,2-3H3,(H,8,10). The molecule has 8 atom stereocenters. The summed E-state index contributed by atoms with van der Waals surface area (Å²) in [5, 5.41) is 55.1. The van der Waals surface area contributed by atoms with Gasteiger partial charge in [0, 0.05) is 86.1 Å². The van der Waals surface area contributed by atoms with Crippen molar-refractivity contribution in [2.75, 3.05) is 79.5 Å². The molecule has 32 heteroatoms. The van der Waals surface area contributed by atoms with Crippen molar-refractivity contribution in [3.63, 3.8) is 0 Å². The molecule has 2 aromatic carbocycles. The maximum absolute atomic E-state index is 13.8. The van der Waals surface area contributed by atoms with Crippen molar-refractivity contribution in [3.8, 4) is 0 Å². The van der Waals surface area contributed by atoms with Gasteiger partial charge in [-0.3, -0.25) is 67.1 Å². The average molecular weight is 1550 g/mol. The van der Waals surface area contributed by atoms with Crippen molar-refractivity contribution < 1.29 is 77.3 Å². The highest BCUT2D eigenvalue weighted by Gasteiger charge is 2.48. The lowest BCUT2D eigenvalue weighted by atomic mass is 9.64. The molecule has 0 aliphatic heterocycles. The summed E-state index contributed by atoms with van der Waals surface area (Å²) in [5.41, 5.74) is 10.1. The number of rotatable bonds is 45. The van der Waals surface area contributed by atoms with Crippen LogP contribution in [0.5, 0.6) is 0 Å². The molecule has 0 spiro atoms. The zero-order valence-corrected chi connectivity index (χ0v) is 67.7. The molecular weight excluding hydrogens is 1420 g/mol. The van der Waals surface area contributed by atoms with E-state index in [1.807, 2.05) is 71.0 Å². The molecule has 20 N–H and O–H groups in total. The highest BCUT2D eigenvalue weighted by molar-refractivity contribution is 5.98. The number of amides is 14. The molecule has 8 unspecified atom stereocenters. The van der Waals surface area contributed by atoms with Crippen molar-refractivity contribution in [3.05, 3.63) is 108 Å². The van der Waals surface area contributed by atoms with Gasteiger partial charge in [-0.2, -0.15) is 0 Å². The molecule has 2 rings (SSSR count). The molecule has 110 heavy (non-hydrogen) atoms. The van der Waals surface area contributed by atoms with Gasteiger partial charge in [-0.05, 0) is 116 Å². The first-order valence-electron chi connectivity index (χ1n) is 37.0. The third-order valence-corrected chi connectivity index (χ3v) is 16.5. The van der Waals surface area contributed by atoms with Crippen LogP contribution in [0.2, 0.25) is 0 Å². The molecule has 0 saturated carbocycles. The SMILES string of the molecule is C=C(C)C(=O)NCC(=O)NC(Cc1ccccc1)C(=O)NC(CC(C)C)C(=O)NCC(=O)NC.C=C(C)C(=O)NCC(C)O.C=C(C)C(=O)NCCCN.CCC(C)(CC(C)(CC(C)(C)C(=O)NCC(=O)NC(Cc1ccccc1)C(=O)NC(CC(C)C)C(=O)NCC(=O)NC)C(=O)NCC(C)O)C(=O)NCCCN. The minimum Gasteiger partial charge on any atom is -0.392 e. The van der Waals surface area contributed by atoms with Gasteiger partial charge < -0.3 is 96.1 Å². The fourth-order valence-corrected chi connectivity index (χ4v) is 10.4. The molecule has 0 saturated heterocycles. The van der Waals surface area contributed by atoms with Gasteiger partial charge in [0.15, 0.2) is 0 Å². The van der Waals surface area contributed by atoms with E-state index < -0.39 is 118 Å². The number of benzene rings is 2. The van der Waals surface area contributed by atoms with E-state index >= 15 is 0 Å². The first kappa shape index (κ1) is 102. The predicted molar refractivity (Wildman–Crippen MR) is 424 cm³/mol. The smallest absolute Gasteiger partial charge is 0.246 e. The Morgan fingerprint density at radius 2 is 0.773 bits per heavy atom. The topological polar surface area (TPSA) is 500 Å². The lowest BCUT2D eigenvalue weighted by Gasteiger charge is -2.41. The Balaban J connectivity index is 0. The number of hydrogen-bond donors (Lipinski definition) is 18. The Morgan fingerprint density at radius 1 is 0.418 bits per heavy atom. The predicted octanol–water partition coefficient (Wildman–Crippen LogP) is 0.300. The van der Waals surface area contributed by atoms with E-state index in [1.54, 1.807) is 72.7 Å². The van der Waals surface area contributed by atoms with Crippen LogP contribution in [0.25, 0.3) is 0 Å². The molecule has 0 aliphatic rings. The summed E-state index contributed by atoms with van der Waals surface area (Å²) in [5.74, 6) is -6.11. The van der Waals surface area contributed by atoms with Crippen LogP contribution in [-0.4, -0.2) is 209 Å². The van der Waals surface area contributed by atoms with E-state index in [9.17, 15) is 72.2 Å². The fraction of sp³-hybridized carbons (Fsp3) is 0.590. The van der Waals surface area contributed by atoms with Crippen LogP contribution in [0, 0.1) is 28.1 Å². The second-order valence-corrected chi connectivity index (χ2v) is 29.1. The van der Waals surface area contributed by atoms with Gasteiger partial charge in [0.2, 0.25) is 82.7 Å². The quantitative estimate of drug-likeness (QED) is 0.0313. The molecule has 618 valence electrons. The van der Waals surface area contributed by atoms with E-state index in [4.69, 9.17) is 16.6 Å². The molecular formula is C78H130N16O16. The zero-order chi connectivity index (χ0) is 84.5. The molecule has 0 radical (unpaired) electrons. The molecule has 0 fully saturated rings. The average Bonchev–Trinajstić information content (AvgIpc) is 0.785. The summed E-state index contributed by atoms with van der Waals surface area (Å²) in [6, 6.07) is 14.1. The highest BCUT2D eigenvalue weighted by atomic mass is 16.3. The Bertz CT molecular complexity index is 3310. The lowest BCUT2D eigenvalue weighted by molar-refractivity contribution is -0.142. The van der Waals surface area contributed by atoms with Crippen molar-refractivity contribution in [2.24, 2.45) is 39.5 Å². The largest absolute Gasteiger partial charge is 0.392 e. The number of aliphatic hydroxyl groups is 2. The Morgan fingerprint density at radius 3 is 1.14 bits per heavy atom. The van der Waals surface area contributed by atoms with Crippen LogP contribution < -0.4 is 85.9 Å². The van der Waals surface area contributed by atoms with Gasteiger partial charge >= 0.3 is 0 Å². The van der Waals surface area contributed by atoms with Crippen LogP contribution in [0.15, 0.2) is 97.1 Å². The third-order valence-electron chi connectivity index (χ3n) is 16.5. The van der Waals surface area contributed by atoms with Crippen LogP contribution in [0.4, 0.5) is 0 Å². The van der Waals surface area contributed by atoms with Crippen LogP contribution in [0.3, 0.4) is 0 Å². The monoisotopic (exact) mass is 1550 g/mol. The number of carbonyl (C=O) groups is 14. The van der Waals surface area contributed by atoms with Crippen molar-refractivity contribution in [1.82, 2.24) is 74.4 Å². The van der Waals surface area contributed by atoms with Crippen LogP contribution in [-0.2, 0) is 80.0 Å². The summed E-state index contributed by atoms with van der Waals surface area (Å²) < 4.78 is 0. The third kappa shape index (κ3) is 45.2. The van der Waals surface area contributed by atoms with Crippen molar-refractivity contribution in [2.45, 2.75) is 191 Å². The second kappa shape index (κ2) is 54.6. The number of nitrogens with two attached hydrogens (primary N) is 2. The number of nitrogens with one attached hydrogen (secondary N) is 14. The van der Waals surface area contributed by atoms with Crippen LogP contribution in [0.1, 0.15) is 153 Å². The van der Waals surface area contributed by atoms with Crippen molar-refractivity contribution >= 4 is 82.7 Å². The molecule has 2 aromatic rings. The number of carbonyl (C=O) groups excluding carboxylic acids is 14. The molecule has 0 heterocycles. The van der Waals surface area contributed by atoms with E-state index in [0.29, 0.717) is 56.6 Å². The number of hydrogen-bond acceptors (Lipinski definition) is 18. The van der Waals surface area contributed by atoms with E-state index in [-0.39, 0.29) is 106 Å². The first-order chi connectivity index (χ1) is 51.4. The fourth-order valence-electron chi connectivity index (χ4n) is 10.4. The van der Waals surface area contributed by atoms with E-state index in [0.717, 1.165) is 17.5 Å². The maximum Gasteiger partial charge on any atom is 0.246 e. The minimum absolute atomic E-state index is 0.00663. The number of likely N-dealkylation sites (N-methyl/N-ethyl adjacent to an activating group) is 2. The van der Waals surface area contributed by atoms with Gasteiger partial charge in [-0.15, -0.1) is 0 Å². The normalized spacial score (nSPS) is 13.4. The molecule has 14 amide bonds. The van der Waals surface area contributed by atoms with Gasteiger partial charge in [0.25, 0.3) is 0 Å². The lowest BCUT2D eigenvalue weighted by Crippen LogP contribution is -2.56. The van der Waals surface area contributed by atoms with Gasteiger partial charge in [-0.1, -0.05) is 143 Å². The Hall–Kier alpha value is -9.92. The molecule has 0 bridgehead atoms. The van der Waals surface area contributed by atoms with Gasteiger partial charge in [0.1, 0.15) is 24.2 Å².